The molecule has 0 aliphatic carbocycles. The second-order valence-corrected chi connectivity index (χ2v) is 3.47. The summed E-state index contributed by atoms with van der Waals surface area (Å²) < 4.78 is 4.74. The molecule has 2 rings (SSSR count). The Morgan fingerprint density at radius 1 is 1.21 bits per heavy atom. The summed E-state index contributed by atoms with van der Waals surface area (Å²) in [6, 6.07) is 7.20. The van der Waals surface area contributed by atoms with E-state index in [1.165, 1.54) is 0 Å². The fourth-order valence-corrected chi connectivity index (χ4v) is 1.51. The maximum atomic E-state index is 5.96. The minimum absolute atomic E-state index is 0.0987. The molecule has 72 valence electrons. The first kappa shape index (κ1) is 9.37. The van der Waals surface area contributed by atoms with Crippen LogP contribution in [0.2, 0.25) is 10.0 Å². The molecule has 5 heteroatoms. The van der Waals surface area contributed by atoms with E-state index in [2.05, 4.69) is 5.16 Å². The van der Waals surface area contributed by atoms with Crippen LogP contribution in [0.5, 0.6) is 0 Å². The third-order valence-electron chi connectivity index (χ3n) is 1.79. The molecule has 0 amide bonds. The lowest BCUT2D eigenvalue weighted by Crippen LogP contribution is -1.81. The van der Waals surface area contributed by atoms with Gasteiger partial charge >= 0.3 is 0 Å². The molecule has 0 atom stereocenters. The molecule has 1 aromatic carbocycles. The predicted molar refractivity (Wildman–Crippen MR) is 56.4 cm³/mol. The largest absolute Gasteiger partial charge is 0.366 e. The van der Waals surface area contributed by atoms with E-state index in [0.29, 0.717) is 16.3 Å². The molecular formula is C9H6Cl2N2O. The summed E-state index contributed by atoms with van der Waals surface area (Å²) in [5.41, 5.74) is 6.60. The van der Waals surface area contributed by atoms with Gasteiger partial charge in [0.2, 0.25) is 5.88 Å². The fraction of sp³-hybridized carbons (Fsp3) is 0. The van der Waals surface area contributed by atoms with E-state index in [9.17, 15) is 0 Å². The Hall–Kier alpha value is -1.19. The Morgan fingerprint density at radius 2 is 1.93 bits per heavy atom. The SMILES string of the molecule is Nc1onc(-c2ccccc2Cl)c1Cl. The lowest BCUT2D eigenvalue weighted by molar-refractivity contribution is 0.439. The molecule has 0 fully saturated rings. The zero-order chi connectivity index (χ0) is 10.1. The molecule has 1 heterocycles. The molecule has 0 saturated carbocycles. The minimum Gasteiger partial charge on any atom is -0.366 e. The summed E-state index contributed by atoms with van der Waals surface area (Å²) in [6.07, 6.45) is 0. The monoisotopic (exact) mass is 228 g/mol. The van der Waals surface area contributed by atoms with Gasteiger partial charge in [-0.3, -0.25) is 0 Å². The Bertz CT molecular complexity index is 468. The number of halogens is 2. The van der Waals surface area contributed by atoms with Gasteiger partial charge in [0.1, 0.15) is 10.7 Å². The maximum Gasteiger partial charge on any atom is 0.241 e. The third-order valence-corrected chi connectivity index (χ3v) is 2.48. The molecule has 2 aromatic rings. The molecule has 0 unspecified atom stereocenters. The summed E-state index contributed by atoms with van der Waals surface area (Å²) in [4.78, 5) is 0. The zero-order valence-electron chi connectivity index (χ0n) is 7.00. The van der Waals surface area contributed by atoms with E-state index < -0.39 is 0 Å². The number of hydrogen-bond donors (Lipinski definition) is 1. The number of nitrogen functional groups attached to an aromatic ring is 1. The molecule has 0 bridgehead atoms. The van der Waals surface area contributed by atoms with Crippen LogP contribution in [0.3, 0.4) is 0 Å². The van der Waals surface area contributed by atoms with Crippen LogP contribution in [0.1, 0.15) is 0 Å². The first-order chi connectivity index (χ1) is 6.70. The van der Waals surface area contributed by atoms with Gasteiger partial charge in [0.25, 0.3) is 0 Å². The van der Waals surface area contributed by atoms with Crippen LogP contribution in [0.15, 0.2) is 28.8 Å². The topological polar surface area (TPSA) is 52.0 Å². The number of aromatic nitrogens is 1. The molecule has 0 saturated heterocycles. The molecule has 1 aromatic heterocycles. The van der Waals surface area contributed by atoms with Crippen molar-refractivity contribution in [2.24, 2.45) is 0 Å². The van der Waals surface area contributed by atoms with Gasteiger partial charge in [0.05, 0.1) is 5.02 Å². The van der Waals surface area contributed by atoms with Crippen LogP contribution in [0.4, 0.5) is 5.88 Å². The normalized spacial score (nSPS) is 10.4. The van der Waals surface area contributed by atoms with Crippen LogP contribution in [0, 0.1) is 0 Å². The number of rotatable bonds is 1. The second kappa shape index (κ2) is 3.52. The number of hydrogen-bond acceptors (Lipinski definition) is 3. The average Bonchev–Trinajstić information content (AvgIpc) is 2.49. The quantitative estimate of drug-likeness (QED) is 0.816. The predicted octanol–water partition coefficient (Wildman–Crippen LogP) is 3.23. The minimum atomic E-state index is 0.0987. The molecule has 0 spiro atoms. The number of anilines is 1. The van der Waals surface area contributed by atoms with Gasteiger partial charge in [-0.05, 0) is 6.07 Å². The Morgan fingerprint density at radius 3 is 2.50 bits per heavy atom. The smallest absolute Gasteiger partial charge is 0.241 e. The molecular weight excluding hydrogens is 223 g/mol. The lowest BCUT2D eigenvalue weighted by atomic mass is 10.1. The van der Waals surface area contributed by atoms with Crippen molar-refractivity contribution in [3.8, 4) is 11.3 Å². The number of benzene rings is 1. The van der Waals surface area contributed by atoms with Gasteiger partial charge in [-0.2, -0.15) is 0 Å². The van der Waals surface area contributed by atoms with Crippen LogP contribution >= 0.6 is 23.2 Å². The molecule has 0 aliphatic rings. The molecule has 2 N–H and O–H groups in total. The summed E-state index contributed by atoms with van der Waals surface area (Å²) in [5.74, 6) is 0.0987. The Kier molecular flexibility index (Phi) is 2.35. The van der Waals surface area contributed by atoms with Crippen LogP contribution in [0.25, 0.3) is 11.3 Å². The second-order valence-electron chi connectivity index (χ2n) is 2.69. The van der Waals surface area contributed by atoms with Gasteiger partial charge < -0.3 is 10.3 Å². The summed E-state index contributed by atoms with van der Waals surface area (Å²) in [5, 5.41) is 4.58. The molecule has 0 aliphatic heterocycles. The van der Waals surface area contributed by atoms with E-state index in [1.807, 2.05) is 12.1 Å². The van der Waals surface area contributed by atoms with Gasteiger partial charge in [0.15, 0.2) is 0 Å². The average molecular weight is 229 g/mol. The van der Waals surface area contributed by atoms with E-state index in [4.69, 9.17) is 33.5 Å². The molecule has 3 nitrogen and oxygen atoms in total. The van der Waals surface area contributed by atoms with Crippen molar-refractivity contribution in [3.05, 3.63) is 34.3 Å². The summed E-state index contributed by atoms with van der Waals surface area (Å²) in [7, 11) is 0. The summed E-state index contributed by atoms with van der Waals surface area (Å²) >= 11 is 11.8. The van der Waals surface area contributed by atoms with E-state index in [0.717, 1.165) is 0 Å². The molecule has 0 radical (unpaired) electrons. The number of nitrogens with two attached hydrogens (primary N) is 1. The highest BCUT2D eigenvalue weighted by Crippen LogP contribution is 2.35. The van der Waals surface area contributed by atoms with Crippen molar-refractivity contribution in [3.63, 3.8) is 0 Å². The van der Waals surface area contributed by atoms with Crippen LogP contribution in [-0.2, 0) is 0 Å². The van der Waals surface area contributed by atoms with Crippen molar-refractivity contribution in [2.75, 3.05) is 5.73 Å². The highest BCUT2D eigenvalue weighted by Gasteiger charge is 2.14. The van der Waals surface area contributed by atoms with E-state index >= 15 is 0 Å². The first-order valence-electron chi connectivity index (χ1n) is 3.85. The van der Waals surface area contributed by atoms with E-state index in [-0.39, 0.29) is 10.9 Å². The van der Waals surface area contributed by atoms with Crippen molar-refractivity contribution in [1.82, 2.24) is 5.16 Å². The van der Waals surface area contributed by atoms with Crippen LogP contribution in [-0.4, -0.2) is 5.16 Å². The zero-order valence-corrected chi connectivity index (χ0v) is 8.51. The van der Waals surface area contributed by atoms with E-state index in [1.54, 1.807) is 12.1 Å². The molecule has 14 heavy (non-hydrogen) atoms. The van der Waals surface area contributed by atoms with Crippen molar-refractivity contribution in [2.45, 2.75) is 0 Å². The third kappa shape index (κ3) is 1.45. The van der Waals surface area contributed by atoms with Crippen molar-refractivity contribution in [1.29, 1.82) is 0 Å². The fourth-order valence-electron chi connectivity index (χ4n) is 1.11. The number of nitrogens with zero attached hydrogens (tertiary/aromatic N) is 1. The highest BCUT2D eigenvalue weighted by molar-refractivity contribution is 6.37. The standard InChI is InChI=1S/C9H6Cl2N2O/c10-6-4-2-1-3-5(6)8-7(11)9(12)14-13-8/h1-4H,12H2. The Balaban J connectivity index is 2.60. The summed E-state index contributed by atoms with van der Waals surface area (Å²) in [6.45, 7) is 0. The maximum absolute atomic E-state index is 5.96. The van der Waals surface area contributed by atoms with Crippen LogP contribution < -0.4 is 5.73 Å². The van der Waals surface area contributed by atoms with Gasteiger partial charge in [-0.15, -0.1) is 0 Å². The first-order valence-corrected chi connectivity index (χ1v) is 4.61. The van der Waals surface area contributed by atoms with Crippen molar-refractivity contribution >= 4 is 29.1 Å². The lowest BCUT2D eigenvalue weighted by Gasteiger charge is -1.98. The van der Waals surface area contributed by atoms with Gasteiger partial charge in [0, 0.05) is 5.56 Å². The Labute approximate surface area is 90.4 Å². The van der Waals surface area contributed by atoms with Gasteiger partial charge in [-0.1, -0.05) is 46.6 Å². The highest BCUT2D eigenvalue weighted by atomic mass is 35.5. The van der Waals surface area contributed by atoms with Gasteiger partial charge in [-0.25, -0.2) is 0 Å². The van der Waals surface area contributed by atoms with Crippen molar-refractivity contribution < 1.29 is 4.52 Å².